The Bertz CT molecular complexity index is 560. The first-order chi connectivity index (χ1) is 10.1. The fraction of sp³-hybridized carbons (Fsp3) is 0.625. The van der Waals surface area contributed by atoms with Crippen molar-refractivity contribution in [2.45, 2.75) is 38.1 Å². The second-order valence-electron chi connectivity index (χ2n) is 6.45. The van der Waals surface area contributed by atoms with Crippen LogP contribution in [0.25, 0.3) is 0 Å². The molecule has 5 nitrogen and oxygen atoms in total. The Labute approximate surface area is 124 Å². The Morgan fingerprint density at radius 1 is 1.43 bits per heavy atom. The van der Waals surface area contributed by atoms with Crippen molar-refractivity contribution in [3.05, 3.63) is 24.0 Å². The largest absolute Gasteiger partial charge is 0.477 e. The predicted molar refractivity (Wildman–Crippen MR) is 78.0 cm³/mol. The van der Waals surface area contributed by atoms with E-state index in [2.05, 4.69) is 11.0 Å². The molecule has 2 fully saturated rings. The minimum absolute atomic E-state index is 0.265. The molecule has 112 valence electrons. The third-order valence-corrected chi connectivity index (χ3v) is 4.92. The van der Waals surface area contributed by atoms with E-state index in [9.17, 15) is 9.90 Å². The highest BCUT2D eigenvalue weighted by Crippen LogP contribution is 2.49. The SMILES string of the molecule is N#CCC1(CN2CCC(n3cccc3C(=O)O)CC2)CC1. The highest BCUT2D eigenvalue weighted by atomic mass is 16.4. The number of nitrogens with zero attached hydrogens (tertiary/aromatic N) is 3. The van der Waals surface area contributed by atoms with Crippen LogP contribution < -0.4 is 0 Å². The maximum atomic E-state index is 11.2. The van der Waals surface area contributed by atoms with Crippen LogP contribution in [0.3, 0.4) is 0 Å². The van der Waals surface area contributed by atoms with E-state index in [1.54, 1.807) is 6.07 Å². The molecule has 3 rings (SSSR count). The lowest BCUT2D eigenvalue weighted by Gasteiger charge is -2.35. The van der Waals surface area contributed by atoms with E-state index >= 15 is 0 Å². The molecular formula is C16H21N3O2. The third-order valence-electron chi connectivity index (χ3n) is 4.92. The molecule has 0 amide bonds. The monoisotopic (exact) mass is 287 g/mol. The molecule has 1 aromatic heterocycles. The molecular weight excluding hydrogens is 266 g/mol. The Morgan fingerprint density at radius 3 is 2.71 bits per heavy atom. The number of nitriles is 1. The van der Waals surface area contributed by atoms with Crippen LogP contribution in [-0.2, 0) is 0 Å². The minimum atomic E-state index is -0.853. The molecule has 1 saturated heterocycles. The van der Waals surface area contributed by atoms with Gasteiger partial charge in [-0.3, -0.25) is 0 Å². The third kappa shape index (κ3) is 2.96. The summed E-state index contributed by atoms with van der Waals surface area (Å²) in [6.07, 6.45) is 6.88. The van der Waals surface area contributed by atoms with Crippen LogP contribution in [0.15, 0.2) is 18.3 Å². The van der Waals surface area contributed by atoms with Gasteiger partial charge in [0.05, 0.1) is 6.07 Å². The molecule has 21 heavy (non-hydrogen) atoms. The number of carbonyl (C=O) groups is 1. The summed E-state index contributed by atoms with van der Waals surface area (Å²) in [4.78, 5) is 13.6. The predicted octanol–water partition coefficient (Wildman–Crippen LogP) is 2.52. The summed E-state index contributed by atoms with van der Waals surface area (Å²) in [5, 5.41) is 18.1. The number of likely N-dealkylation sites (tertiary alicyclic amines) is 1. The van der Waals surface area contributed by atoms with E-state index in [1.807, 2.05) is 16.8 Å². The summed E-state index contributed by atoms with van der Waals surface area (Å²) in [5.41, 5.74) is 0.651. The van der Waals surface area contributed by atoms with Crippen LogP contribution in [0.5, 0.6) is 0 Å². The Balaban J connectivity index is 1.57. The summed E-state index contributed by atoms with van der Waals surface area (Å²) in [6, 6.07) is 6.08. The summed E-state index contributed by atoms with van der Waals surface area (Å²) < 4.78 is 1.90. The molecule has 1 N–H and O–H groups in total. The summed E-state index contributed by atoms with van der Waals surface area (Å²) in [5.74, 6) is -0.853. The molecule has 0 unspecified atom stereocenters. The van der Waals surface area contributed by atoms with Gasteiger partial charge in [-0.05, 0) is 43.2 Å². The molecule has 0 bridgehead atoms. The quantitative estimate of drug-likeness (QED) is 0.903. The average Bonchev–Trinajstić information content (AvgIpc) is 3.04. The molecule has 1 aliphatic carbocycles. The highest BCUT2D eigenvalue weighted by molar-refractivity contribution is 5.85. The van der Waals surface area contributed by atoms with Crippen LogP contribution in [0, 0.1) is 16.7 Å². The number of hydrogen-bond acceptors (Lipinski definition) is 3. The van der Waals surface area contributed by atoms with Crippen molar-refractivity contribution in [2.24, 2.45) is 5.41 Å². The first kappa shape index (κ1) is 14.2. The van der Waals surface area contributed by atoms with Gasteiger partial charge in [-0.1, -0.05) is 0 Å². The second-order valence-corrected chi connectivity index (χ2v) is 6.45. The summed E-state index contributed by atoms with van der Waals surface area (Å²) >= 11 is 0. The number of aromatic nitrogens is 1. The number of piperidine rings is 1. The van der Waals surface area contributed by atoms with Crippen molar-refractivity contribution in [2.75, 3.05) is 19.6 Å². The number of carboxylic acid groups (broad SMARTS) is 1. The smallest absolute Gasteiger partial charge is 0.352 e. The lowest BCUT2D eigenvalue weighted by Crippen LogP contribution is -2.38. The van der Waals surface area contributed by atoms with Gasteiger partial charge >= 0.3 is 5.97 Å². The summed E-state index contributed by atoms with van der Waals surface area (Å²) in [6.45, 7) is 3.02. The lowest BCUT2D eigenvalue weighted by molar-refractivity contribution is 0.0677. The number of aromatic carboxylic acids is 1. The first-order valence-corrected chi connectivity index (χ1v) is 7.63. The Hall–Kier alpha value is -1.80. The van der Waals surface area contributed by atoms with Crippen LogP contribution in [0.4, 0.5) is 0 Å². The van der Waals surface area contributed by atoms with Gasteiger partial charge in [0.25, 0.3) is 0 Å². The van der Waals surface area contributed by atoms with Gasteiger partial charge in [0.2, 0.25) is 0 Å². The molecule has 1 aromatic rings. The van der Waals surface area contributed by atoms with Crippen molar-refractivity contribution >= 4 is 5.97 Å². The number of carboxylic acids is 1. The van der Waals surface area contributed by atoms with Crippen molar-refractivity contribution in [1.29, 1.82) is 5.26 Å². The van der Waals surface area contributed by atoms with Crippen molar-refractivity contribution in [1.82, 2.24) is 9.47 Å². The molecule has 1 aliphatic heterocycles. The fourth-order valence-electron chi connectivity index (χ4n) is 3.46. The van der Waals surface area contributed by atoms with Gasteiger partial charge < -0.3 is 14.6 Å². The molecule has 0 radical (unpaired) electrons. The average molecular weight is 287 g/mol. The first-order valence-electron chi connectivity index (χ1n) is 7.63. The van der Waals surface area contributed by atoms with Crippen LogP contribution >= 0.6 is 0 Å². The van der Waals surface area contributed by atoms with Crippen molar-refractivity contribution < 1.29 is 9.90 Å². The second kappa shape index (κ2) is 5.53. The molecule has 2 aliphatic rings. The van der Waals surface area contributed by atoms with Gasteiger partial charge in [0.15, 0.2) is 0 Å². The molecule has 0 aromatic carbocycles. The molecule has 5 heteroatoms. The molecule has 0 atom stereocenters. The van der Waals surface area contributed by atoms with Crippen molar-refractivity contribution in [3.8, 4) is 6.07 Å². The maximum Gasteiger partial charge on any atom is 0.352 e. The fourth-order valence-corrected chi connectivity index (χ4v) is 3.46. The van der Waals surface area contributed by atoms with Gasteiger partial charge in [-0.2, -0.15) is 5.26 Å². The Kier molecular flexibility index (Phi) is 3.73. The van der Waals surface area contributed by atoms with E-state index in [0.29, 0.717) is 12.1 Å². The van der Waals surface area contributed by atoms with E-state index < -0.39 is 5.97 Å². The van der Waals surface area contributed by atoms with Gasteiger partial charge in [-0.15, -0.1) is 0 Å². The number of hydrogen-bond donors (Lipinski definition) is 1. The van der Waals surface area contributed by atoms with Crippen LogP contribution in [0.1, 0.15) is 48.6 Å². The van der Waals surface area contributed by atoms with E-state index in [1.165, 1.54) is 12.8 Å². The van der Waals surface area contributed by atoms with Gasteiger partial charge in [0, 0.05) is 38.3 Å². The topological polar surface area (TPSA) is 69.3 Å². The zero-order chi connectivity index (χ0) is 14.9. The summed E-state index contributed by atoms with van der Waals surface area (Å²) in [7, 11) is 0. The van der Waals surface area contributed by atoms with Gasteiger partial charge in [-0.25, -0.2) is 4.79 Å². The lowest BCUT2D eigenvalue weighted by atomic mass is 9.99. The van der Waals surface area contributed by atoms with Gasteiger partial charge in [0.1, 0.15) is 5.69 Å². The standard InChI is InChI=1S/C16H21N3O2/c17-8-7-16(5-6-16)12-18-10-3-13(4-11-18)19-9-1-2-14(19)15(20)21/h1-2,9,13H,3-7,10-12H2,(H,20,21). The minimum Gasteiger partial charge on any atom is -0.477 e. The number of rotatable bonds is 5. The zero-order valence-corrected chi connectivity index (χ0v) is 12.2. The maximum absolute atomic E-state index is 11.2. The van der Waals surface area contributed by atoms with E-state index in [4.69, 9.17) is 5.26 Å². The molecule has 1 saturated carbocycles. The van der Waals surface area contributed by atoms with Crippen LogP contribution in [-0.4, -0.2) is 40.2 Å². The highest BCUT2D eigenvalue weighted by Gasteiger charge is 2.44. The molecule has 0 spiro atoms. The van der Waals surface area contributed by atoms with E-state index in [0.717, 1.165) is 32.5 Å². The Morgan fingerprint density at radius 2 is 2.14 bits per heavy atom. The van der Waals surface area contributed by atoms with Crippen molar-refractivity contribution in [3.63, 3.8) is 0 Å². The van der Waals surface area contributed by atoms with E-state index in [-0.39, 0.29) is 11.5 Å². The normalized spacial score (nSPS) is 21.9. The zero-order valence-electron chi connectivity index (χ0n) is 12.2. The molecule has 2 heterocycles. The van der Waals surface area contributed by atoms with Crippen LogP contribution in [0.2, 0.25) is 0 Å².